The van der Waals surface area contributed by atoms with E-state index in [4.69, 9.17) is 36.0 Å². The van der Waals surface area contributed by atoms with Crippen LogP contribution in [0.3, 0.4) is 0 Å². The normalized spacial score (nSPS) is 10.2. The molecule has 0 aliphatic rings. The third-order valence-corrected chi connectivity index (χ3v) is 11.1. The van der Waals surface area contributed by atoms with Crippen molar-refractivity contribution in [3.8, 4) is 60.1 Å². The van der Waals surface area contributed by atoms with E-state index in [0.717, 1.165) is 18.2 Å². The van der Waals surface area contributed by atoms with Gasteiger partial charge in [0.15, 0.2) is 23.0 Å². The number of rotatable bonds is 15. The van der Waals surface area contributed by atoms with Crippen LogP contribution in [0.4, 0.5) is 25.8 Å². The van der Waals surface area contributed by atoms with Gasteiger partial charge in [-0.15, -0.1) is 39.7 Å². The molecule has 81 heavy (non-hydrogen) atoms. The lowest BCUT2D eigenvalue weighted by Crippen LogP contribution is -2.18. The number of amides is 3. The standard InChI is InChI=1S/C20H16FN5O3.C17H10ClN5O3.C17H10FN5O3/c1-2-13-10-17(14(11-15(13)21)18(28)4-3-9-27)23-20(29)16-5-6-19(25-24-16)26-8-7-22-12-26;1-2-9-5-15(11(17(25)26)6-12(9)18)21-16(24)14-4-3-13(22-23-14)10-7-19-20-8-10;1-2-10-5-14(12(16(25)26)6-13(10)18)22-15(24)11-7-20-17(21-8-11)23-4-3-19-9-23/h1,5-8,10-12,27H,3-4,9H2,(H,23,29);1,3-8H,(H,19,20)(H,21,24)(H,25,26);1,3-9H,(H,22,24)(H,25,26). The van der Waals surface area contributed by atoms with Crippen LogP contribution in [-0.2, 0) is 0 Å². The van der Waals surface area contributed by atoms with E-state index in [9.17, 15) is 47.8 Å². The minimum Gasteiger partial charge on any atom is -0.478 e. The number of nitrogens with zero attached hydrogens (tertiary/aromatic N) is 11. The molecule has 3 amide bonds. The first-order chi connectivity index (χ1) is 39.0. The molecule has 6 aromatic heterocycles. The Morgan fingerprint density at radius 2 is 1.17 bits per heavy atom. The Labute approximate surface area is 460 Å². The molecule has 402 valence electrons. The van der Waals surface area contributed by atoms with Gasteiger partial charge in [-0.25, -0.2) is 38.3 Å². The Kier molecular flexibility index (Phi) is 18.6. The molecule has 0 aliphatic carbocycles. The molecule has 24 nitrogen and oxygen atoms in total. The summed E-state index contributed by atoms with van der Waals surface area (Å²) in [6, 6.07) is 12.6. The monoisotopic (exact) mass is 1110 g/mol. The number of imidazole rings is 2. The van der Waals surface area contributed by atoms with E-state index in [-0.39, 0.29) is 86.3 Å². The van der Waals surface area contributed by atoms with Gasteiger partial charge in [-0.1, -0.05) is 29.4 Å². The Morgan fingerprint density at radius 1 is 0.642 bits per heavy atom. The van der Waals surface area contributed by atoms with Crippen molar-refractivity contribution in [2.75, 3.05) is 22.6 Å². The fourth-order valence-electron chi connectivity index (χ4n) is 6.81. The first-order valence-electron chi connectivity index (χ1n) is 22.9. The number of carboxylic acids is 2. The van der Waals surface area contributed by atoms with E-state index in [1.807, 2.05) is 0 Å². The van der Waals surface area contributed by atoms with Crippen LogP contribution in [0.1, 0.15) is 91.9 Å². The van der Waals surface area contributed by atoms with Gasteiger partial charge >= 0.3 is 11.9 Å². The number of aliphatic hydroxyl groups is 1. The van der Waals surface area contributed by atoms with Gasteiger partial charge in [0.25, 0.3) is 17.7 Å². The zero-order valence-electron chi connectivity index (χ0n) is 41.2. The Bertz CT molecular complexity index is 3770. The lowest BCUT2D eigenvalue weighted by Gasteiger charge is -2.12. The molecule has 0 saturated carbocycles. The number of hydrogen-bond donors (Lipinski definition) is 7. The summed E-state index contributed by atoms with van der Waals surface area (Å²) >= 11 is 5.92. The molecule has 0 unspecified atom stereocenters. The van der Waals surface area contributed by atoms with Gasteiger partial charge in [0, 0.05) is 73.1 Å². The molecule has 9 rings (SSSR count). The second kappa shape index (κ2) is 26.4. The predicted octanol–water partition coefficient (Wildman–Crippen LogP) is 6.18. The number of H-pyrrole nitrogens is 1. The molecular formula is C54H36ClF2N15O9. The summed E-state index contributed by atoms with van der Waals surface area (Å²) < 4.78 is 30.9. The number of terminal acetylenes is 3. The largest absolute Gasteiger partial charge is 0.478 e. The third kappa shape index (κ3) is 14.2. The van der Waals surface area contributed by atoms with Crippen molar-refractivity contribution in [3.05, 3.63) is 190 Å². The molecule has 9 aromatic rings. The van der Waals surface area contributed by atoms with Crippen LogP contribution in [0.2, 0.25) is 5.02 Å². The minimum absolute atomic E-state index is 0.00536. The van der Waals surface area contributed by atoms with Crippen molar-refractivity contribution < 1.29 is 52.9 Å². The predicted molar refractivity (Wildman–Crippen MR) is 284 cm³/mol. The maximum Gasteiger partial charge on any atom is 0.337 e. The highest BCUT2D eigenvalue weighted by atomic mass is 35.5. The smallest absolute Gasteiger partial charge is 0.337 e. The molecule has 0 saturated heterocycles. The van der Waals surface area contributed by atoms with Crippen molar-refractivity contribution in [3.63, 3.8) is 0 Å². The number of aromatic carboxylic acids is 2. The van der Waals surface area contributed by atoms with Gasteiger partial charge in [0.2, 0.25) is 5.95 Å². The minimum atomic E-state index is -1.41. The molecule has 0 aliphatic heterocycles. The summed E-state index contributed by atoms with van der Waals surface area (Å²) in [4.78, 5) is 88.1. The fraction of sp³-hybridized carbons (Fsp3) is 0.0556. The summed E-state index contributed by atoms with van der Waals surface area (Å²) in [6.45, 7) is -0.183. The topological polar surface area (TPSA) is 341 Å². The van der Waals surface area contributed by atoms with E-state index in [2.05, 4.69) is 84.2 Å². The number of ketones is 1. The summed E-state index contributed by atoms with van der Waals surface area (Å²) in [5.41, 5.74) is 0.616. The quantitative estimate of drug-likeness (QED) is 0.0445. The van der Waals surface area contributed by atoms with E-state index >= 15 is 0 Å². The van der Waals surface area contributed by atoms with Gasteiger partial charge in [0.1, 0.15) is 24.3 Å². The molecule has 0 fully saturated rings. The van der Waals surface area contributed by atoms with Crippen molar-refractivity contribution in [2.24, 2.45) is 0 Å². The lowest BCUT2D eigenvalue weighted by atomic mass is 10.0. The summed E-state index contributed by atoms with van der Waals surface area (Å²) in [7, 11) is 0. The van der Waals surface area contributed by atoms with Crippen LogP contribution in [0, 0.1) is 48.7 Å². The van der Waals surface area contributed by atoms with Crippen LogP contribution in [-0.4, -0.2) is 117 Å². The number of halogens is 3. The molecule has 0 radical (unpaired) electrons. The number of carbonyl (C=O) groups is 6. The summed E-state index contributed by atoms with van der Waals surface area (Å²) in [5.74, 6) is 0.701. The Balaban J connectivity index is 0.000000176. The van der Waals surface area contributed by atoms with Crippen LogP contribution >= 0.6 is 11.6 Å². The maximum absolute atomic E-state index is 14.1. The number of carbonyl (C=O) groups excluding carboxylic acids is 4. The molecule has 0 bridgehead atoms. The fourth-order valence-corrected chi connectivity index (χ4v) is 7.03. The number of anilines is 3. The highest BCUT2D eigenvalue weighted by Gasteiger charge is 2.22. The molecule has 0 spiro atoms. The summed E-state index contributed by atoms with van der Waals surface area (Å²) in [6.07, 6.45) is 31.2. The average Bonchev–Trinajstić information content (AvgIpc) is 4.42. The van der Waals surface area contributed by atoms with E-state index in [1.165, 1.54) is 55.4 Å². The third-order valence-electron chi connectivity index (χ3n) is 10.8. The Hall–Kier alpha value is -11.7. The van der Waals surface area contributed by atoms with Crippen LogP contribution in [0.25, 0.3) is 23.0 Å². The van der Waals surface area contributed by atoms with Gasteiger partial charge in [-0.05, 0) is 67.1 Å². The van der Waals surface area contributed by atoms with Crippen LogP contribution in [0.5, 0.6) is 0 Å². The Morgan fingerprint density at radius 3 is 1.67 bits per heavy atom. The van der Waals surface area contributed by atoms with Gasteiger partial charge in [-0.2, -0.15) is 5.10 Å². The maximum atomic E-state index is 14.1. The van der Waals surface area contributed by atoms with Gasteiger partial charge in [0.05, 0.1) is 61.8 Å². The average molecular weight is 1110 g/mol. The molecular weight excluding hydrogens is 1080 g/mol. The highest BCUT2D eigenvalue weighted by molar-refractivity contribution is 6.32. The molecule has 27 heteroatoms. The number of hydrogen-bond acceptors (Lipinski definition) is 16. The number of aliphatic hydroxyl groups excluding tert-OH is 1. The van der Waals surface area contributed by atoms with E-state index in [1.54, 1.807) is 58.4 Å². The molecule has 0 atom stereocenters. The van der Waals surface area contributed by atoms with Crippen molar-refractivity contribution >= 4 is 64.1 Å². The number of nitrogens with one attached hydrogen (secondary N) is 4. The van der Waals surface area contributed by atoms with Crippen molar-refractivity contribution in [1.29, 1.82) is 0 Å². The lowest BCUT2D eigenvalue weighted by molar-refractivity contribution is 0.0686. The highest BCUT2D eigenvalue weighted by Crippen LogP contribution is 2.27. The second-order valence-corrected chi connectivity index (χ2v) is 16.5. The first kappa shape index (κ1) is 57.1. The number of benzene rings is 3. The molecule has 7 N–H and O–H groups in total. The van der Waals surface area contributed by atoms with Crippen molar-refractivity contribution in [2.45, 2.75) is 12.8 Å². The molecule has 6 heterocycles. The van der Waals surface area contributed by atoms with Crippen LogP contribution < -0.4 is 16.0 Å². The zero-order valence-corrected chi connectivity index (χ0v) is 42.0. The van der Waals surface area contributed by atoms with Crippen LogP contribution in [0.15, 0.2) is 123 Å². The summed E-state index contributed by atoms with van der Waals surface area (Å²) in [5, 5.41) is 56.9. The zero-order chi connectivity index (χ0) is 58.2. The van der Waals surface area contributed by atoms with E-state index in [0.29, 0.717) is 23.0 Å². The van der Waals surface area contributed by atoms with Crippen molar-refractivity contribution in [1.82, 2.24) is 59.7 Å². The first-order valence-corrected chi connectivity index (χ1v) is 23.3. The molecule has 3 aromatic carbocycles. The van der Waals surface area contributed by atoms with Gasteiger partial charge < -0.3 is 31.3 Å². The SMILES string of the molecule is C#Cc1cc(NC(=O)c2ccc(-c3cn[nH]c3)nn2)c(C(=O)O)cc1Cl.C#Cc1cc(NC(=O)c2ccc(-n3ccnc3)nn2)c(C(=O)CCCO)cc1F.C#Cc1cc(NC(=O)c2cnc(-n3ccnc3)nc2)c(C(=O)O)cc1F. The second-order valence-electron chi connectivity index (χ2n) is 16.1. The number of aromatic nitrogens is 12. The van der Waals surface area contributed by atoms with Gasteiger partial charge in [-0.3, -0.25) is 33.4 Å². The number of aromatic amines is 1. The number of carboxylic acid groups (broad SMARTS) is 2. The van der Waals surface area contributed by atoms with E-state index < -0.39 is 52.6 Å². The number of Topliss-reactive ketones (excluding diaryl/α,β-unsaturated/α-hetero) is 1.